The zero-order chi connectivity index (χ0) is 14.0. The maximum atomic E-state index is 12.0. The molecule has 0 radical (unpaired) electrons. The number of hydrogen-bond acceptors (Lipinski definition) is 3. The van der Waals surface area contributed by atoms with Crippen molar-refractivity contribution in [2.75, 3.05) is 5.32 Å². The molecule has 2 rings (SSSR count). The fourth-order valence-electron chi connectivity index (χ4n) is 1.74. The van der Waals surface area contributed by atoms with E-state index in [0.29, 0.717) is 5.69 Å². The van der Waals surface area contributed by atoms with Gasteiger partial charge in [-0.25, -0.2) is 0 Å². The summed E-state index contributed by atoms with van der Waals surface area (Å²) in [6.45, 7) is 1.92. The number of aromatic hydroxyl groups is 2. The van der Waals surface area contributed by atoms with Gasteiger partial charge in [0.2, 0.25) is 0 Å². The zero-order valence-electron chi connectivity index (χ0n) is 10.1. The molecule has 98 valence electrons. The van der Waals surface area contributed by atoms with Crippen LogP contribution in [0.25, 0.3) is 0 Å². The Balaban J connectivity index is 2.25. The number of rotatable bonds is 2. The molecular formula is C14H12BrNO3. The summed E-state index contributed by atoms with van der Waals surface area (Å²) in [4.78, 5) is 12.0. The summed E-state index contributed by atoms with van der Waals surface area (Å²) >= 11 is 3.35. The SMILES string of the molecule is Cc1cc(Br)cc(NC(=O)c2cc(O)cc(O)c2)c1. The molecular weight excluding hydrogens is 310 g/mol. The van der Waals surface area contributed by atoms with Crippen LogP contribution in [-0.2, 0) is 0 Å². The molecule has 0 spiro atoms. The van der Waals surface area contributed by atoms with E-state index in [4.69, 9.17) is 0 Å². The molecule has 4 nitrogen and oxygen atoms in total. The highest BCUT2D eigenvalue weighted by atomic mass is 79.9. The lowest BCUT2D eigenvalue weighted by molar-refractivity contribution is 0.102. The number of phenols is 2. The molecule has 3 N–H and O–H groups in total. The van der Waals surface area contributed by atoms with Crippen molar-refractivity contribution in [2.24, 2.45) is 0 Å². The molecule has 0 aliphatic heterocycles. The van der Waals surface area contributed by atoms with E-state index in [-0.39, 0.29) is 17.1 Å². The maximum absolute atomic E-state index is 12.0. The molecule has 2 aromatic rings. The summed E-state index contributed by atoms with van der Waals surface area (Å²) < 4.78 is 0.863. The molecule has 0 heterocycles. The molecule has 0 aliphatic carbocycles. The highest BCUT2D eigenvalue weighted by Crippen LogP contribution is 2.23. The minimum Gasteiger partial charge on any atom is -0.508 e. The molecule has 0 unspecified atom stereocenters. The molecule has 0 saturated carbocycles. The largest absolute Gasteiger partial charge is 0.508 e. The molecule has 1 amide bonds. The van der Waals surface area contributed by atoms with Crippen LogP contribution in [0.15, 0.2) is 40.9 Å². The van der Waals surface area contributed by atoms with Crippen LogP contribution in [-0.4, -0.2) is 16.1 Å². The van der Waals surface area contributed by atoms with Crippen LogP contribution < -0.4 is 5.32 Å². The Morgan fingerprint density at radius 1 is 1.05 bits per heavy atom. The van der Waals surface area contributed by atoms with Gasteiger partial charge in [0.05, 0.1) is 0 Å². The first-order chi connectivity index (χ1) is 8.94. The Morgan fingerprint density at radius 3 is 2.26 bits per heavy atom. The smallest absolute Gasteiger partial charge is 0.255 e. The van der Waals surface area contributed by atoms with E-state index in [1.54, 1.807) is 6.07 Å². The van der Waals surface area contributed by atoms with Crippen LogP contribution in [0.4, 0.5) is 5.69 Å². The van der Waals surface area contributed by atoms with Crippen molar-refractivity contribution >= 4 is 27.5 Å². The van der Waals surface area contributed by atoms with E-state index in [2.05, 4.69) is 21.2 Å². The van der Waals surface area contributed by atoms with E-state index < -0.39 is 5.91 Å². The number of anilines is 1. The van der Waals surface area contributed by atoms with Crippen molar-refractivity contribution in [3.8, 4) is 11.5 Å². The Bertz CT molecular complexity index is 600. The Kier molecular flexibility index (Phi) is 3.76. The summed E-state index contributed by atoms with van der Waals surface area (Å²) in [6, 6.07) is 9.27. The fraction of sp³-hybridized carbons (Fsp3) is 0.0714. The van der Waals surface area contributed by atoms with Crippen LogP contribution >= 0.6 is 15.9 Å². The number of hydrogen-bond donors (Lipinski definition) is 3. The van der Waals surface area contributed by atoms with E-state index in [0.717, 1.165) is 10.0 Å². The molecule has 19 heavy (non-hydrogen) atoms. The van der Waals surface area contributed by atoms with Crippen molar-refractivity contribution in [3.63, 3.8) is 0 Å². The second-order valence-corrected chi connectivity index (χ2v) is 5.13. The highest BCUT2D eigenvalue weighted by Gasteiger charge is 2.09. The summed E-state index contributed by atoms with van der Waals surface area (Å²) in [5.41, 5.74) is 1.83. The van der Waals surface area contributed by atoms with Gasteiger partial charge < -0.3 is 15.5 Å². The number of phenolic OH excluding ortho intramolecular Hbond substituents is 2. The van der Waals surface area contributed by atoms with E-state index >= 15 is 0 Å². The fourth-order valence-corrected chi connectivity index (χ4v) is 2.35. The van der Waals surface area contributed by atoms with Crippen LogP contribution in [0.1, 0.15) is 15.9 Å². The Labute approximate surface area is 118 Å². The van der Waals surface area contributed by atoms with E-state index in [9.17, 15) is 15.0 Å². The number of nitrogens with one attached hydrogen (secondary N) is 1. The highest BCUT2D eigenvalue weighted by molar-refractivity contribution is 9.10. The third-order valence-electron chi connectivity index (χ3n) is 2.46. The number of benzene rings is 2. The van der Waals surface area contributed by atoms with Crippen LogP contribution in [0.5, 0.6) is 11.5 Å². The summed E-state index contributed by atoms with van der Waals surface area (Å²) in [7, 11) is 0. The summed E-state index contributed by atoms with van der Waals surface area (Å²) in [5, 5.41) is 21.4. The van der Waals surface area contributed by atoms with Crippen LogP contribution in [0.2, 0.25) is 0 Å². The van der Waals surface area contributed by atoms with Gasteiger partial charge >= 0.3 is 0 Å². The molecule has 2 aromatic carbocycles. The van der Waals surface area contributed by atoms with Crippen molar-refractivity contribution < 1.29 is 15.0 Å². The van der Waals surface area contributed by atoms with Crippen LogP contribution in [0, 0.1) is 6.92 Å². The average Bonchev–Trinajstić information content (AvgIpc) is 2.25. The van der Waals surface area contributed by atoms with Gasteiger partial charge in [0.1, 0.15) is 11.5 Å². The number of halogens is 1. The van der Waals surface area contributed by atoms with Gasteiger partial charge in [0.15, 0.2) is 0 Å². The van der Waals surface area contributed by atoms with Gasteiger partial charge in [-0.15, -0.1) is 0 Å². The van der Waals surface area contributed by atoms with Gasteiger partial charge in [0, 0.05) is 21.8 Å². The summed E-state index contributed by atoms with van der Waals surface area (Å²) in [5.74, 6) is -0.713. The normalized spacial score (nSPS) is 10.2. The zero-order valence-corrected chi connectivity index (χ0v) is 11.7. The van der Waals surface area contributed by atoms with Gasteiger partial charge in [-0.1, -0.05) is 15.9 Å². The molecule has 0 bridgehead atoms. The third kappa shape index (κ3) is 3.48. The molecule has 0 atom stereocenters. The molecule has 0 aromatic heterocycles. The van der Waals surface area contributed by atoms with Gasteiger partial charge in [-0.05, 0) is 42.8 Å². The molecule has 5 heteroatoms. The maximum Gasteiger partial charge on any atom is 0.255 e. The van der Waals surface area contributed by atoms with Crippen molar-refractivity contribution in [1.29, 1.82) is 0 Å². The second kappa shape index (κ2) is 5.32. The second-order valence-electron chi connectivity index (χ2n) is 4.21. The van der Waals surface area contributed by atoms with Gasteiger partial charge in [-0.2, -0.15) is 0 Å². The van der Waals surface area contributed by atoms with E-state index in [1.807, 2.05) is 19.1 Å². The Morgan fingerprint density at radius 2 is 1.68 bits per heavy atom. The monoisotopic (exact) mass is 321 g/mol. The third-order valence-corrected chi connectivity index (χ3v) is 2.92. The predicted molar refractivity (Wildman–Crippen MR) is 76.6 cm³/mol. The summed E-state index contributed by atoms with van der Waals surface area (Å²) in [6.07, 6.45) is 0. The molecule has 0 aliphatic rings. The number of amides is 1. The minimum atomic E-state index is -0.399. The minimum absolute atomic E-state index is 0.157. The lowest BCUT2D eigenvalue weighted by Crippen LogP contribution is -2.11. The van der Waals surface area contributed by atoms with Crippen molar-refractivity contribution in [1.82, 2.24) is 0 Å². The lowest BCUT2D eigenvalue weighted by atomic mass is 10.1. The first-order valence-corrected chi connectivity index (χ1v) is 6.35. The van der Waals surface area contributed by atoms with Crippen LogP contribution in [0.3, 0.4) is 0 Å². The van der Waals surface area contributed by atoms with Gasteiger partial charge in [-0.3, -0.25) is 4.79 Å². The van der Waals surface area contributed by atoms with E-state index in [1.165, 1.54) is 18.2 Å². The first-order valence-electron chi connectivity index (χ1n) is 5.55. The average molecular weight is 322 g/mol. The molecule has 0 fully saturated rings. The first kappa shape index (κ1) is 13.4. The number of carbonyl (C=O) groups excluding carboxylic acids is 1. The standard InChI is InChI=1S/C14H12BrNO3/c1-8-2-10(15)6-11(3-8)16-14(19)9-4-12(17)7-13(18)5-9/h2-7,17-18H,1H3,(H,16,19). The predicted octanol–water partition coefficient (Wildman–Crippen LogP) is 3.42. The topological polar surface area (TPSA) is 69.6 Å². The van der Waals surface area contributed by atoms with Gasteiger partial charge in [0.25, 0.3) is 5.91 Å². The van der Waals surface area contributed by atoms with Crippen molar-refractivity contribution in [2.45, 2.75) is 6.92 Å². The number of aryl methyl sites for hydroxylation is 1. The quantitative estimate of drug-likeness (QED) is 0.793. The lowest BCUT2D eigenvalue weighted by Gasteiger charge is -2.08. The number of carbonyl (C=O) groups is 1. The Hall–Kier alpha value is -2.01. The van der Waals surface area contributed by atoms with Crippen molar-refractivity contribution in [3.05, 3.63) is 52.0 Å². The molecule has 0 saturated heterocycles.